The molecule has 0 saturated carbocycles. The monoisotopic (exact) mass is 429 g/mol. The number of sulfonamides is 1. The number of benzene rings is 2. The molecule has 0 aliphatic rings. The smallest absolute Gasteiger partial charge is 0.265 e. The fraction of sp³-hybridized carbons (Fsp3) is 0. The summed E-state index contributed by atoms with van der Waals surface area (Å²) in [4.78, 5) is -0.0481. The van der Waals surface area contributed by atoms with E-state index in [1.54, 1.807) is 24.3 Å². The molecule has 0 heterocycles. The van der Waals surface area contributed by atoms with Crippen LogP contribution in [0.4, 0.5) is 11.4 Å². The molecule has 0 aliphatic heterocycles. The standard InChI is InChI=1S/C13H9Br2N3O2S/c14-9-5-11(15)13(12(17)6-9)21(19,20)18-10-3-1-2-8(4-10)7-16/h1-6,18H,17H2. The first kappa shape index (κ1) is 15.8. The maximum atomic E-state index is 12.4. The van der Waals surface area contributed by atoms with Crippen molar-refractivity contribution in [2.45, 2.75) is 4.90 Å². The number of nitrogens with one attached hydrogen (secondary N) is 1. The second kappa shape index (κ2) is 6.05. The van der Waals surface area contributed by atoms with Crippen molar-refractivity contribution in [2.75, 3.05) is 10.5 Å². The van der Waals surface area contributed by atoms with Gasteiger partial charge in [-0.05, 0) is 46.3 Å². The average molecular weight is 431 g/mol. The van der Waals surface area contributed by atoms with Gasteiger partial charge in [-0.25, -0.2) is 8.42 Å². The van der Waals surface area contributed by atoms with Crippen LogP contribution in [0, 0.1) is 11.3 Å². The van der Waals surface area contributed by atoms with Crippen molar-refractivity contribution in [1.82, 2.24) is 0 Å². The molecule has 5 nitrogen and oxygen atoms in total. The molecule has 0 aliphatic carbocycles. The van der Waals surface area contributed by atoms with Crippen LogP contribution in [0.1, 0.15) is 5.56 Å². The third-order valence-corrected chi connectivity index (χ3v) is 5.39. The highest BCUT2D eigenvalue weighted by Gasteiger charge is 2.21. The number of hydrogen-bond acceptors (Lipinski definition) is 4. The second-order valence-electron chi connectivity index (χ2n) is 4.10. The molecule has 2 aromatic rings. The molecule has 0 fully saturated rings. The normalized spacial score (nSPS) is 10.9. The summed E-state index contributed by atoms with van der Waals surface area (Å²) in [6, 6.07) is 11.2. The SMILES string of the molecule is N#Cc1cccc(NS(=O)(=O)c2c(N)cc(Br)cc2Br)c1. The molecular weight excluding hydrogens is 422 g/mol. The molecule has 2 rings (SSSR count). The molecule has 21 heavy (non-hydrogen) atoms. The Morgan fingerprint density at radius 3 is 2.52 bits per heavy atom. The Hall–Kier alpha value is -1.56. The molecular formula is C13H9Br2N3O2S. The van der Waals surface area contributed by atoms with Gasteiger partial charge in [-0.2, -0.15) is 5.26 Å². The van der Waals surface area contributed by atoms with Gasteiger partial charge in [0.25, 0.3) is 10.0 Å². The van der Waals surface area contributed by atoms with Crippen LogP contribution in [-0.4, -0.2) is 8.42 Å². The van der Waals surface area contributed by atoms with E-state index in [1.807, 2.05) is 6.07 Å². The lowest BCUT2D eigenvalue weighted by molar-refractivity contribution is 0.601. The summed E-state index contributed by atoms with van der Waals surface area (Å²) in [5, 5.41) is 8.84. The van der Waals surface area contributed by atoms with E-state index < -0.39 is 10.0 Å². The zero-order chi connectivity index (χ0) is 15.6. The van der Waals surface area contributed by atoms with E-state index in [0.717, 1.165) is 0 Å². The van der Waals surface area contributed by atoms with Crippen LogP contribution >= 0.6 is 31.9 Å². The molecule has 0 amide bonds. The van der Waals surface area contributed by atoms with Crippen molar-refractivity contribution in [2.24, 2.45) is 0 Å². The Bertz CT molecular complexity index is 822. The molecule has 0 unspecified atom stereocenters. The van der Waals surface area contributed by atoms with E-state index in [-0.39, 0.29) is 10.6 Å². The number of anilines is 2. The maximum Gasteiger partial charge on any atom is 0.265 e. The van der Waals surface area contributed by atoms with E-state index in [0.29, 0.717) is 20.2 Å². The van der Waals surface area contributed by atoms with Crippen LogP contribution in [0.15, 0.2) is 50.2 Å². The predicted octanol–water partition coefficient (Wildman–Crippen LogP) is 3.47. The molecule has 0 bridgehead atoms. The highest BCUT2D eigenvalue weighted by Crippen LogP contribution is 2.32. The summed E-state index contributed by atoms with van der Waals surface area (Å²) >= 11 is 6.43. The number of rotatable bonds is 3. The van der Waals surface area contributed by atoms with Crippen LogP contribution in [0.5, 0.6) is 0 Å². The topological polar surface area (TPSA) is 96.0 Å². The van der Waals surface area contributed by atoms with Gasteiger partial charge in [-0.15, -0.1) is 0 Å². The van der Waals surface area contributed by atoms with Crippen LogP contribution in [-0.2, 0) is 10.0 Å². The fourth-order valence-electron chi connectivity index (χ4n) is 1.72. The highest BCUT2D eigenvalue weighted by atomic mass is 79.9. The zero-order valence-corrected chi connectivity index (χ0v) is 14.5. The molecule has 108 valence electrons. The molecule has 8 heteroatoms. The van der Waals surface area contributed by atoms with Crippen LogP contribution in [0.2, 0.25) is 0 Å². The molecule has 0 spiro atoms. The van der Waals surface area contributed by atoms with Gasteiger partial charge in [0.15, 0.2) is 0 Å². The number of nitrogen functional groups attached to an aromatic ring is 1. The minimum absolute atomic E-state index is 0.0481. The molecule has 2 aromatic carbocycles. The lowest BCUT2D eigenvalue weighted by Crippen LogP contribution is -2.15. The van der Waals surface area contributed by atoms with Gasteiger partial charge in [0, 0.05) is 8.95 Å². The lowest BCUT2D eigenvalue weighted by atomic mass is 10.2. The molecule has 0 aromatic heterocycles. The van der Waals surface area contributed by atoms with Gasteiger partial charge in [0.05, 0.1) is 23.0 Å². The van der Waals surface area contributed by atoms with Crippen molar-refractivity contribution < 1.29 is 8.42 Å². The Labute approximate surface area is 139 Å². The third-order valence-electron chi connectivity index (χ3n) is 2.55. The van der Waals surface area contributed by atoms with Crippen molar-refractivity contribution in [3.8, 4) is 6.07 Å². The van der Waals surface area contributed by atoms with Crippen LogP contribution in [0.3, 0.4) is 0 Å². The summed E-state index contributed by atoms with van der Waals surface area (Å²) in [6.07, 6.45) is 0. The van der Waals surface area contributed by atoms with E-state index >= 15 is 0 Å². The summed E-state index contributed by atoms with van der Waals surface area (Å²) in [5.74, 6) is 0. The number of nitrogens with two attached hydrogens (primary N) is 1. The number of nitriles is 1. The Balaban J connectivity index is 2.46. The first-order valence-corrected chi connectivity index (χ1v) is 8.68. The van der Waals surface area contributed by atoms with E-state index in [9.17, 15) is 8.42 Å². The third kappa shape index (κ3) is 3.56. The minimum atomic E-state index is -3.87. The van der Waals surface area contributed by atoms with E-state index in [4.69, 9.17) is 11.0 Å². The van der Waals surface area contributed by atoms with Crippen LogP contribution in [0.25, 0.3) is 0 Å². The summed E-state index contributed by atoms with van der Waals surface area (Å²) in [5.41, 5.74) is 6.55. The van der Waals surface area contributed by atoms with E-state index in [1.165, 1.54) is 12.1 Å². The van der Waals surface area contributed by atoms with Gasteiger partial charge < -0.3 is 5.73 Å². The summed E-state index contributed by atoms with van der Waals surface area (Å²) < 4.78 is 28.3. The van der Waals surface area contributed by atoms with Gasteiger partial charge in [0.1, 0.15) is 4.90 Å². The molecule has 0 saturated heterocycles. The number of hydrogen-bond donors (Lipinski definition) is 2. The average Bonchev–Trinajstić information content (AvgIpc) is 2.36. The predicted molar refractivity (Wildman–Crippen MR) is 88.2 cm³/mol. The van der Waals surface area contributed by atoms with Gasteiger partial charge in [-0.1, -0.05) is 22.0 Å². The zero-order valence-electron chi connectivity index (χ0n) is 10.5. The van der Waals surface area contributed by atoms with Crippen molar-refractivity contribution in [3.05, 3.63) is 50.9 Å². The highest BCUT2D eigenvalue weighted by molar-refractivity contribution is 9.11. The molecule has 0 radical (unpaired) electrons. The quantitative estimate of drug-likeness (QED) is 0.728. The van der Waals surface area contributed by atoms with Crippen molar-refractivity contribution in [1.29, 1.82) is 5.26 Å². The van der Waals surface area contributed by atoms with Gasteiger partial charge in [0.2, 0.25) is 0 Å². The van der Waals surface area contributed by atoms with E-state index in [2.05, 4.69) is 36.6 Å². The lowest BCUT2D eigenvalue weighted by Gasteiger charge is -2.12. The largest absolute Gasteiger partial charge is 0.398 e. The molecule has 3 N–H and O–H groups in total. The van der Waals surface area contributed by atoms with Crippen LogP contribution < -0.4 is 10.5 Å². The maximum absolute atomic E-state index is 12.4. The Morgan fingerprint density at radius 2 is 1.90 bits per heavy atom. The number of halogens is 2. The molecule has 0 atom stereocenters. The summed E-state index contributed by atoms with van der Waals surface area (Å²) in [6.45, 7) is 0. The minimum Gasteiger partial charge on any atom is -0.398 e. The van der Waals surface area contributed by atoms with Gasteiger partial charge >= 0.3 is 0 Å². The second-order valence-corrected chi connectivity index (χ2v) is 7.49. The van der Waals surface area contributed by atoms with Crippen molar-refractivity contribution >= 4 is 53.3 Å². The fourth-order valence-corrected chi connectivity index (χ4v) is 4.84. The first-order chi connectivity index (χ1) is 9.83. The Kier molecular flexibility index (Phi) is 4.56. The summed E-state index contributed by atoms with van der Waals surface area (Å²) in [7, 11) is -3.87. The van der Waals surface area contributed by atoms with Crippen molar-refractivity contribution in [3.63, 3.8) is 0 Å². The number of nitrogens with zero attached hydrogens (tertiary/aromatic N) is 1. The first-order valence-electron chi connectivity index (χ1n) is 5.61. The van der Waals surface area contributed by atoms with Gasteiger partial charge in [-0.3, -0.25) is 4.72 Å². The Morgan fingerprint density at radius 1 is 1.19 bits per heavy atom.